The molecule has 18 heavy (non-hydrogen) atoms. The van der Waals surface area contributed by atoms with E-state index in [1.165, 1.54) is 12.1 Å². The average Bonchev–Trinajstić information content (AvgIpc) is 2.38. The summed E-state index contributed by atoms with van der Waals surface area (Å²) in [6.45, 7) is 2.62. The summed E-state index contributed by atoms with van der Waals surface area (Å²) in [7, 11) is 0. The van der Waals surface area contributed by atoms with Gasteiger partial charge in [-0.15, -0.1) is 0 Å². The van der Waals surface area contributed by atoms with Gasteiger partial charge in [0.2, 0.25) is 0 Å². The van der Waals surface area contributed by atoms with Crippen LogP contribution in [0.25, 0.3) is 0 Å². The molecule has 1 atom stereocenters. The lowest BCUT2D eigenvalue weighted by molar-refractivity contribution is 0.541. The molecule has 2 nitrogen and oxygen atoms in total. The van der Waals surface area contributed by atoms with E-state index in [0.717, 1.165) is 11.6 Å². The maximum Gasteiger partial charge on any atom is 0.131 e. The smallest absolute Gasteiger partial charge is 0.131 e. The van der Waals surface area contributed by atoms with Crippen LogP contribution in [0.3, 0.4) is 0 Å². The van der Waals surface area contributed by atoms with Crippen LogP contribution in [0, 0.1) is 11.6 Å². The quantitative estimate of drug-likeness (QED) is 0.899. The van der Waals surface area contributed by atoms with Crippen molar-refractivity contribution in [1.29, 1.82) is 0 Å². The summed E-state index contributed by atoms with van der Waals surface area (Å²) in [6, 6.07) is 6.98. The fourth-order valence-corrected chi connectivity index (χ4v) is 1.90. The highest BCUT2D eigenvalue weighted by Crippen LogP contribution is 2.24. The Kier molecular flexibility index (Phi) is 3.99. The molecule has 0 aliphatic rings. The van der Waals surface area contributed by atoms with Crippen molar-refractivity contribution in [3.8, 4) is 0 Å². The molecule has 0 amide bonds. The van der Waals surface area contributed by atoms with Crippen LogP contribution in [0.1, 0.15) is 24.1 Å². The predicted octanol–water partition coefficient (Wildman–Crippen LogP) is 3.06. The minimum Gasteiger partial charge on any atom is -0.306 e. The average molecular weight is 248 g/mol. The second-order valence-electron chi connectivity index (χ2n) is 3.94. The predicted molar refractivity (Wildman–Crippen MR) is 66.1 cm³/mol. The van der Waals surface area contributed by atoms with E-state index in [2.05, 4.69) is 10.3 Å². The van der Waals surface area contributed by atoms with Gasteiger partial charge in [-0.2, -0.15) is 0 Å². The van der Waals surface area contributed by atoms with Gasteiger partial charge in [-0.05, 0) is 30.3 Å². The Morgan fingerprint density at radius 3 is 2.50 bits per heavy atom. The highest BCUT2D eigenvalue weighted by atomic mass is 19.1. The third-order valence-electron chi connectivity index (χ3n) is 2.72. The Hall–Kier alpha value is -1.81. The highest BCUT2D eigenvalue weighted by molar-refractivity contribution is 5.31. The zero-order chi connectivity index (χ0) is 13.0. The van der Waals surface area contributed by atoms with E-state index in [1.54, 1.807) is 12.4 Å². The van der Waals surface area contributed by atoms with Crippen molar-refractivity contribution in [1.82, 2.24) is 10.3 Å². The van der Waals surface area contributed by atoms with Crippen LogP contribution >= 0.6 is 0 Å². The zero-order valence-corrected chi connectivity index (χ0v) is 10.0. The Balaban J connectivity index is 2.41. The number of benzene rings is 1. The summed E-state index contributed by atoms with van der Waals surface area (Å²) in [5.74, 6) is -1.11. The van der Waals surface area contributed by atoms with Crippen LogP contribution in [0.2, 0.25) is 0 Å². The molecule has 1 N–H and O–H groups in total. The molecule has 94 valence electrons. The Bertz CT molecular complexity index is 514. The number of halogens is 2. The van der Waals surface area contributed by atoms with E-state index in [9.17, 15) is 8.78 Å². The number of rotatable bonds is 4. The summed E-state index contributed by atoms with van der Waals surface area (Å²) in [5, 5.41) is 3.19. The van der Waals surface area contributed by atoms with Crippen molar-refractivity contribution in [3.63, 3.8) is 0 Å². The van der Waals surface area contributed by atoms with Gasteiger partial charge < -0.3 is 5.32 Å². The lowest BCUT2D eigenvalue weighted by atomic mass is 9.99. The first-order valence-corrected chi connectivity index (χ1v) is 5.80. The van der Waals surface area contributed by atoms with Crippen molar-refractivity contribution in [2.75, 3.05) is 6.54 Å². The lowest BCUT2D eigenvalue weighted by Gasteiger charge is -2.19. The number of pyridine rings is 1. The van der Waals surface area contributed by atoms with E-state index in [0.29, 0.717) is 12.1 Å². The third-order valence-corrected chi connectivity index (χ3v) is 2.72. The molecule has 1 heterocycles. The molecule has 0 saturated carbocycles. The van der Waals surface area contributed by atoms with Crippen molar-refractivity contribution in [2.45, 2.75) is 13.0 Å². The molecule has 2 aromatic rings. The minimum atomic E-state index is -0.568. The highest BCUT2D eigenvalue weighted by Gasteiger charge is 2.17. The summed E-state index contributed by atoms with van der Waals surface area (Å²) < 4.78 is 26.7. The van der Waals surface area contributed by atoms with Crippen LogP contribution in [0.4, 0.5) is 8.78 Å². The van der Waals surface area contributed by atoms with E-state index >= 15 is 0 Å². The van der Waals surface area contributed by atoms with Gasteiger partial charge >= 0.3 is 0 Å². The van der Waals surface area contributed by atoms with Crippen molar-refractivity contribution >= 4 is 0 Å². The van der Waals surface area contributed by atoms with Gasteiger partial charge in [0.15, 0.2) is 0 Å². The minimum absolute atomic E-state index is 0.293. The molecule has 0 radical (unpaired) electrons. The van der Waals surface area contributed by atoms with Gasteiger partial charge in [0, 0.05) is 24.0 Å². The fraction of sp³-hybridized carbons (Fsp3) is 0.214. The van der Waals surface area contributed by atoms with Crippen LogP contribution in [-0.2, 0) is 0 Å². The standard InChI is InChI=1S/C14H14F2N2/c1-2-18-14(10-5-7-17-8-6-10)12-4-3-11(15)9-13(12)16/h3-9,14,18H,2H2,1H3. The van der Waals surface area contributed by atoms with Crippen LogP contribution < -0.4 is 5.32 Å². The zero-order valence-electron chi connectivity index (χ0n) is 10.0. The Morgan fingerprint density at radius 2 is 1.89 bits per heavy atom. The monoisotopic (exact) mass is 248 g/mol. The summed E-state index contributed by atoms with van der Waals surface area (Å²) >= 11 is 0. The second-order valence-corrected chi connectivity index (χ2v) is 3.94. The molecule has 4 heteroatoms. The van der Waals surface area contributed by atoms with Crippen molar-refractivity contribution in [2.24, 2.45) is 0 Å². The van der Waals surface area contributed by atoms with Gasteiger partial charge in [0.1, 0.15) is 11.6 Å². The van der Waals surface area contributed by atoms with E-state index in [1.807, 2.05) is 19.1 Å². The first kappa shape index (κ1) is 12.6. The first-order valence-electron chi connectivity index (χ1n) is 5.80. The molecule has 2 rings (SSSR count). The van der Waals surface area contributed by atoms with Crippen LogP contribution in [-0.4, -0.2) is 11.5 Å². The fourth-order valence-electron chi connectivity index (χ4n) is 1.90. The molecule has 1 aromatic heterocycles. The third kappa shape index (κ3) is 2.71. The first-order chi connectivity index (χ1) is 8.72. The lowest BCUT2D eigenvalue weighted by Crippen LogP contribution is -2.23. The van der Waals surface area contributed by atoms with Gasteiger partial charge in [0.05, 0.1) is 6.04 Å². The van der Waals surface area contributed by atoms with Gasteiger partial charge in [0.25, 0.3) is 0 Å². The molecule has 0 bridgehead atoms. The molecule has 0 spiro atoms. The van der Waals surface area contributed by atoms with Gasteiger partial charge in [-0.1, -0.05) is 13.0 Å². The van der Waals surface area contributed by atoms with Crippen LogP contribution in [0.15, 0.2) is 42.7 Å². The maximum absolute atomic E-state index is 13.8. The summed E-state index contributed by atoms with van der Waals surface area (Å²) in [6.07, 6.45) is 3.31. The second kappa shape index (κ2) is 5.69. The molecule has 0 aliphatic carbocycles. The Morgan fingerprint density at radius 1 is 1.17 bits per heavy atom. The molecule has 1 aromatic carbocycles. The maximum atomic E-state index is 13.8. The summed E-state index contributed by atoms with van der Waals surface area (Å²) in [5.41, 5.74) is 1.34. The largest absolute Gasteiger partial charge is 0.306 e. The van der Waals surface area contributed by atoms with Crippen molar-refractivity contribution in [3.05, 3.63) is 65.5 Å². The normalized spacial score (nSPS) is 12.4. The van der Waals surface area contributed by atoms with Crippen molar-refractivity contribution < 1.29 is 8.78 Å². The number of nitrogens with one attached hydrogen (secondary N) is 1. The molecule has 0 fully saturated rings. The molecule has 0 saturated heterocycles. The van der Waals surface area contributed by atoms with Crippen LogP contribution in [0.5, 0.6) is 0 Å². The molecular weight excluding hydrogens is 234 g/mol. The number of aromatic nitrogens is 1. The van der Waals surface area contributed by atoms with E-state index in [4.69, 9.17) is 0 Å². The van der Waals surface area contributed by atoms with Gasteiger partial charge in [-0.25, -0.2) is 8.78 Å². The molecule has 1 unspecified atom stereocenters. The van der Waals surface area contributed by atoms with E-state index in [-0.39, 0.29) is 6.04 Å². The number of nitrogens with zero attached hydrogens (tertiary/aromatic N) is 1. The van der Waals surface area contributed by atoms with Gasteiger partial charge in [-0.3, -0.25) is 4.98 Å². The van der Waals surface area contributed by atoms with E-state index < -0.39 is 11.6 Å². The molecule has 0 aliphatic heterocycles. The Labute approximate surface area is 105 Å². The number of hydrogen-bond acceptors (Lipinski definition) is 2. The summed E-state index contributed by atoms with van der Waals surface area (Å²) in [4.78, 5) is 3.94. The molecular formula is C14H14F2N2. The number of hydrogen-bond donors (Lipinski definition) is 1. The topological polar surface area (TPSA) is 24.9 Å². The SMILES string of the molecule is CCNC(c1ccncc1)c1ccc(F)cc1F.